The van der Waals surface area contributed by atoms with Crippen LogP contribution in [0.5, 0.6) is 0 Å². The highest BCUT2D eigenvalue weighted by Crippen LogP contribution is 2.14. The molecule has 1 aromatic rings. The second-order valence-corrected chi connectivity index (χ2v) is 6.25. The maximum atomic E-state index is 12.0. The predicted octanol–water partition coefficient (Wildman–Crippen LogP) is 0.194. The number of nitrogens with two attached hydrogens (primary N) is 1. The molecule has 0 aliphatic carbocycles. The monoisotopic (exact) mass is 286 g/mol. The number of nitrogens with one attached hydrogen (secondary N) is 1. The number of benzene rings is 1. The summed E-state index contributed by atoms with van der Waals surface area (Å²) >= 11 is 0. The van der Waals surface area contributed by atoms with Crippen molar-refractivity contribution in [1.82, 2.24) is 5.32 Å². The standard InChI is InChI=1S/C12H18N2O4S/c1-9(7-18-2)14-12(15)8-19(16,17)11-5-3-4-10(13)6-11/h3-6,9H,7-8,13H2,1-2H3,(H,14,15). The van der Waals surface area contributed by atoms with Crippen LogP contribution in [0.2, 0.25) is 0 Å². The van der Waals surface area contributed by atoms with Gasteiger partial charge in [0.25, 0.3) is 0 Å². The van der Waals surface area contributed by atoms with Gasteiger partial charge in [-0.1, -0.05) is 6.07 Å². The van der Waals surface area contributed by atoms with E-state index in [1.54, 1.807) is 13.0 Å². The number of anilines is 1. The van der Waals surface area contributed by atoms with Gasteiger partial charge in [-0.05, 0) is 25.1 Å². The Hall–Kier alpha value is -1.60. The zero-order chi connectivity index (χ0) is 14.5. The maximum Gasteiger partial charge on any atom is 0.235 e. The van der Waals surface area contributed by atoms with Crippen molar-refractivity contribution in [2.24, 2.45) is 0 Å². The number of rotatable bonds is 6. The van der Waals surface area contributed by atoms with Crippen molar-refractivity contribution in [3.8, 4) is 0 Å². The zero-order valence-electron chi connectivity index (χ0n) is 10.9. The smallest absolute Gasteiger partial charge is 0.235 e. The summed E-state index contributed by atoms with van der Waals surface area (Å²) in [5, 5.41) is 2.55. The summed E-state index contributed by atoms with van der Waals surface area (Å²) in [4.78, 5) is 11.7. The molecule has 1 amide bonds. The number of carbonyl (C=O) groups is 1. The molecule has 1 aromatic carbocycles. The van der Waals surface area contributed by atoms with Gasteiger partial charge in [0, 0.05) is 18.8 Å². The molecule has 0 saturated carbocycles. The molecule has 1 rings (SSSR count). The van der Waals surface area contributed by atoms with E-state index in [2.05, 4.69) is 5.32 Å². The van der Waals surface area contributed by atoms with Gasteiger partial charge >= 0.3 is 0 Å². The van der Waals surface area contributed by atoms with E-state index in [4.69, 9.17) is 10.5 Å². The third-order valence-corrected chi connectivity index (χ3v) is 3.98. The number of sulfone groups is 1. The first-order valence-corrected chi connectivity index (χ1v) is 7.37. The second-order valence-electron chi connectivity index (χ2n) is 4.26. The third kappa shape index (κ3) is 4.88. The van der Waals surface area contributed by atoms with Gasteiger partial charge in [0.1, 0.15) is 5.75 Å². The molecule has 19 heavy (non-hydrogen) atoms. The van der Waals surface area contributed by atoms with E-state index >= 15 is 0 Å². The van der Waals surface area contributed by atoms with E-state index in [9.17, 15) is 13.2 Å². The van der Waals surface area contributed by atoms with Crippen LogP contribution >= 0.6 is 0 Å². The van der Waals surface area contributed by atoms with Crippen LogP contribution in [-0.2, 0) is 19.4 Å². The molecule has 0 heterocycles. The number of methoxy groups -OCH3 is 1. The van der Waals surface area contributed by atoms with Crippen LogP contribution in [-0.4, -0.2) is 39.8 Å². The molecule has 1 unspecified atom stereocenters. The molecule has 6 nitrogen and oxygen atoms in total. The first kappa shape index (κ1) is 15.5. The molecule has 0 aliphatic heterocycles. The van der Waals surface area contributed by atoms with Gasteiger partial charge in [-0.25, -0.2) is 8.42 Å². The molecule has 1 atom stereocenters. The van der Waals surface area contributed by atoms with Crippen LogP contribution < -0.4 is 11.1 Å². The van der Waals surface area contributed by atoms with E-state index in [0.717, 1.165) is 0 Å². The first-order chi connectivity index (χ1) is 8.85. The zero-order valence-corrected chi connectivity index (χ0v) is 11.7. The molecule has 106 valence electrons. The predicted molar refractivity (Wildman–Crippen MR) is 72.4 cm³/mol. The lowest BCUT2D eigenvalue weighted by Gasteiger charge is -2.12. The summed E-state index contributed by atoms with van der Waals surface area (Å²) in [5.41, 5.74) is 5.87. The van der Waals surface area contributed by atoms with Crippen molar-refractivity contribution < 1.29 is 17.9 Å². The minimum Gasteiger partial charge on any atom is -0.399 e. The van der Waals surface area contributed by atoms with Gasteiger partial charge in [0.05, 0.1) is 11.5 Å². The van der Waals surface area contributed by atoms with Crippen molar-refractivity contribution in [1.29, 1.82) is 0 Å². The van der Waals surface area contributed by atoms with Crippen molar-refractivity contribution >= 4 is 21.4 Å². The van der Waals surface area contributed by atoms with Gasteiger partial charge in [-0.3, -0.25) is 4.79 Å². The van der Waals surface area contributed by atoms with Gasteiger partial charge in [0.2, 0.25) is 5.91 Å². The van der Waals surface area contributed by atoms with E-state index in [-0.39, 0.29) is 10.9 Å². The number of amides is 1. The molecule has 0 spiro atoms. The Bertz CT molecular complexity index is 542. The fourth-order valence-electron chi connectivity index (χ4n) is 1.57. The number of ether oxygens (including phenoxy) is 1. The molecule has 3 N–H and O–H groups in total. The largest absolute Gasteiger partial charge is 0.399 e. The summed E-state index contributed by atoms with van der Waals surface area (Å²) in [6, 6.07) is 5.63. The lowest BCUT2D eigenvalue weighted by molar-refractivity contribution is -0.119. The molecule has 0 aromatic heterocycles. The topological polar surface area (TPSA) is 98.5 Å². The summed E-state index contributed by atoms with van der Waals surface area (Å²) in [5.74, 6) is -1.17. The molecule has 0 bridgehead atoms. The Labute approximate surface area is 112 Å². The minimum atomic E-state index is -3.68. The number of hydrogen-bond acceptors (Lipinski definition) is 5. The fourth-order valence-corrected chi connectivity index (χ4v) is 2.77. The second kappa shape index (κ2) is 6.53. The van der Waals surface area contributed by atoms with Crippen LogP contribution in [0.15, 0.2) is 29.2 Å². The SMILES string of the molecule is COCC(C)NC(=O)CS(=O)(=O)c1cccc(N)c1. The summed E-state index contributed by atoms with van der Waals surface area (Å²) < 4.78 is 28.8. The van der Waals surface area contributed by atoms with E-state index in [1.807, 2.05) is 0 Å². The molecule has 0 saturated heterocycles. The average molecular weight is 286 g/mol. The van der Waals surface area contributed by atoms with Gasteiger partial charge in [0.15, 0.2) is 9.84 Å². The Morgan fingerprint density at radius 1 is 1.47 bits per heavy atom. The summed E-state index contributed by atoms with van der Waals surface area (Å²) in [6.45, 7) is 2.05. The summed E-state index contributed by atoms with van der Waals surface area (Å²) in [7, 11) is -2.17. The lowest BCUT2D eigenvalue weighted by Crippen LogP contribution is -2.39. The van der Waals surface area contributed by atoms with E-state index in [1.165, 1.54) is 25.3 Å². The third-order valence-electron chi connectivity index (χ3n) is 2.36. The van der Waals surface area contributed by atoms with Crippen LogP contribution in [0.1, 0.15) is 6.92 Å². The number of carbonyl (C=O) groups excluding carboxylic acids is 1. The highest BCUT2D eigenvalue weighted by Gasteiger charge is 2.20. The average Bonchev–Trinajstić information content (AvgIpc) is 2.28. The van der Waals surface area contributed by atoms with Gasteiger partial charge < -0.3 is 15.8 Å². The van der Waals surface area contributed by atoms with Gasteiger partial charge in [-0.2, -0.15) is 0 Å². The Kier molecular flexibility index (Phi) is 5.31. The van der Waals surface area contributed by atoms with Crippen LogP contribution in [0, 0.1) is 0 Å². The molecule has 7 heteroatoms. The Balaban J connectivity index is 2.72. The van der Waals surface area contributed by atoms with Crippen LogP contribution in [0.4, 0.5) is 5.69 Å². The van der Waals surface area contributed by atoms with Crippen molar-refractivity contribution in [2.75, 3.05) is 25.2 Å². The lowest BCUT2D eigenvalue weighted by atomic mass is 10.3. The maximum absolute atomic E-state index is 12.0. The molecular formula is C12H18N2O4S. The van der Waals surface area contributed by atoms with Crippen molar-refractivity contribution in [3.05, 3.63) is 24.3 Å². The van der Waals surface area contributed by atoms with Crippen molar-refractivity contribution in [2.45, 2.75) is 17.9 Å². The summed E-state index contributed by atoms with van der Waals surface area (Å²) in [6.07, 6.45) is 0. The van der Waals surface area contributed by atoms with Crippen LogP contribution in [0.3, 0.4) is 0 Å². The number of nitrogen functional groups attached to an aromatic ring is 1. The van der Waals surface area contributed by atoms with Crippen molar-refractivity contribution in [3.63, 3.8) is 0 Å². The molecule has 0 radical (unpaired) electrons. The molecule has 0 fully saturated rings. The Morgan fingerprint density at radius 2 is 2.16 bits per heavy atom. The van der Waals surface area contributed by atoms with E-state index < -0.39 is 21.5 Å². The normalized spacial score (nSPS) is 12.9. The highest BCUT2D eigenvalue weighted by molar-refractivity contribution is 7.92. The quantitative estimate of drug-likeness (QED) is 0.728. The van der Waals surface area contributed by atoms with E-state index in [0.29, 0.717) is 12.3 Å². The van der Waals surface area contributed by atoms with Crippen LogP contribution in [0.25, 0.3) is 0 Å². The molecule has 0 aliphatic rings. The fraction of sp³-hybridized carbons (Fsp3) is 0.417. The minimum absolute atomic E-state index is 0.0436. The highest BCUT2D eigenvalue weighted by atomic mass is 32.2. The van der Waals surface area contributed by atoms with Gasteiger partial charge in [-0.15, -0.1) is 0 Å². The number of hydrogen-bond donors (Lipinski definition) is 2. The first-order valence-electron chi connectivity index (χ1n) is 5.72. The molecular weight excluding hydrogens is 268 g/mol. The Morgan fingerprint density at radius 3 is 2.74 bits per heavy atom.